The van der Waals surface area contributed by atoms with E-state index in [2.05, 4.69) is 22.6 Å². The first-order valence-corrected chi connectivity index (χ1v) is 9.01. The predicted octanol–water partition coefficient (Wildman–Crippen LogP) is 1.95. The van der Waals surface area contributed by atoms with Crippen LogP contribution in [0.3, 0.4) is 0 Å². The van der Waals surface area contributed by atoms with Crippen LogP contribution in [0.1, 0.15) is 19.3 Å². The molecule has 1 aromatic carbocycles. The number of rotatable bonds is 4. The third-order valence-corrected chi connectivity index (χ3v) is 5.78. The van der Waals surface area contributed by atoms with Crippen molar-refractivity contribution in [3.63, 3.8) is 0 Å². The van der Waals surface area contributed by atoms with Crippen molar-refractivity contribution in [2.24, 2.45) is 5.92 Å². The van der Waals surface area contributed by atoms with Crippen molar-refractivity contribution >= 4 is 29.3 Å². The molecule has 5 nitrogen and oxygen atoms in total. The van der Waals surface area contributed by atoms with Crippen molar-refractivity contribution in [1.29, 1.82) is 0 Å². The van der Waals surface area contributed by atoms with Gasteiger partial charge < -0.3 is 15.5 Å². The van der Waals surface area contributed by atoms with Crippen LogP contribution >= 0.6 is 11.8 Å². The molecule has 0 saturated carbocycles. The molecular weight excluding hydrogens is 310 g/mol. The summed E-state index contributed by atoms with van der Waals surface area (Å²) in [6, 6.07) is 7.70. The largest absolute Gasteiger partial charge is 0.356 e. The highest BCUT2D eigenvalue weighted by molar-refractivity contribution is 8.01. The molecule has 0 bridgehead atoms. The Labute approximate surface area is 141 Å². The van der Waals surface area contributed by atoms with E-state index >= 15 is 0 Å². The van der Waals surface area contributed by atoms with Crippen LogP contribution in [0.4, 0.5) is 5.69 Å². The van der Waals surface area contributed by atoms with Gasteiger partial charge >= 0.3 is 0 Å². The second-order valence-corrected chi connectivity index (χ2v) is 7.59. The molecule has 1 aromatic rings. The van der Waals surface area contributed by atoms with Crippen LogP contribution in [0.5, 0.6) is 0 Å². The molecule has 2 amide bonds. The van der Waals surface area contributed by atoms with Crippen LogP contribution in [0.2, 0.25) is 0 Å². The molecule has 0 aromatic heterocycles. The number of anilines is 1. The van der Waals surface area contributed by atoms with Crippen molar-refractivity contribution in [2.75, 3.05) is 32.0 Å². The van der Waals surface area contributed by atoms with E-state index in [9.17, 15) is 9.59 Å². The molecule has 0 radical (unpaired) electrons. The number of para-hydroxylation sites is 1. The predicted molar refractivity (Wildman–Crippen MR) is 92.6 cm³/mol. The lowest BCUT2D eigenvalue weighted by Gasteiger charge is -2.29. The van der Waals surface area contributed by atoms with Crippen LogP contribution in [0, 0.1) is 5.92 Å². The fourth-order valence-electron chi connectivity index (χ4n) is 2.99. The number of thioether (sulfide) groups is 1. The molecule has 6 heteroatoms. The minimum Gasteiger partial charge on any atom is -0.356 e. The fourth-order valence-corrected chi connectivity index (χ4v) is 4.10. The van der Waals surface area contributed by atoms with Gasteiger partial charge in [0.2, 0.25) is 11.8 Å². The van der Waals surface area contributed by atoms with Crippen molar-refractivity contribution in [3.05, 3.63) is 24.3 Å². The maximum Gasteiger partial charge on any atom is 0.238 e. The summed E-state index contributed by atoms with van der Waals surface area (Å²) in [5.41, 5.74) is 0.838. The molecule has 0 aliphatic carbocycles. The standard InChI is InChI=1S/C17H23N3O2S/c1-20-8-6-12(7-9-20)11-18-16(21)10-15-17(22)19-13-4-2-3-5-14(13)23-15/h2-5,12,15H,6-11H2,1H3,(H,18,21)(H,19,22)/t15-/m1/s1. The number of likely N-dealkylation sites (tertiary alicyclic amines) is 1. The topological polar surface area (TPSA) is 61.4 Å². The number of carbonyl (C=O) groups is 2. The number of nitrogens with one attached hydrogen (secondary N) is 2. The molecular formula is C17H23N3O2S. The summed E-state index contributed by atoms with van der Waals surface area (Å²) in [7, 11) is 2.13. The van der Waals surface area contributed by atoms with E-state index in [4.69, 9.17) is 0 Å². The lowest BCUT2D eigenvalue weighted by molar-refractivity contribution is -0.124. The maximum absolute atomic E-state index is 12.2. The number of benzene rings is 1. The third-order valence-electron chi connectivity index (χ3n) is 4.50. The van der Waals surface area contributed by atoms with E-state index in [1.54, 1.807) is 0 Å². The first kappa shape index (κ1) is 16.3. The third kappa shape index (κ3) is 4.26. The van der Waals surface area contributed by atoms with Gasteiger partial charge in [-0.15, -0.1) is 11.8 Å². The Morgan fingerprint density at radius 2 is 2.09 bits per heavy atom. The van der Waals surface area contributed by atoms with E-state index < -0.39 is 0 Å². The first-order valence-electron chi connectivity index (χ1n) is 8.13. The quantitative estimate of drug-likeness (QED) is 0.884. The number of amides is 2. The second-order valence-electron chi connectivity index (χ2n) is 6.35. The molecule has 2 heterocycles. The Bertz CT molecular complexity index is 585. The van der Waals surface area contributed by atoms with Crippen LogP contribution in [0.25, 0.3) is 0 Å². The van der Waals surface area contributed by atoms with Crippen molar-refractivity contribution in [2.45, 2.75) is 29.4 Å². The van der Waals surface area contributed by atoms with Crippen LogP contribution in [0.15, 0.2) is 29.2 Å². The van der Waals surface area contributed by atoms with Gasteiger partial charge in [0.1, 0.15) is 0 Å². The molecule has 23 heavy (non-hydrogen) atoms. The molecule has 124 valence electrons. The summed E-state index contributed by atoms with van der Waals surface area (Å²) in [6.45, 7) is 2.92. The van der Waals surface area contributed by atoms with Crippen LogP contribution < -0.4 is 10.6 Å². The number of hydrogen-bond donors (Lipinski definition) is 2. The zero-order valence-corrected chi connectivity index (χ0v) is 14.2. The smallest absolute Gasteiger partial charge is 0.238 e. The van der Waals surface area contributed by atoms with Gasteiger partial charge in [0.15, 0.2) is 0 Å². The highest BCUT2D eigenvalue weighted by Crippen LogP contribution is 2.36. The van der Waals surface area contributed by atoms with Crippen LogP contribution in [-0.4, -0.2) is 48.6 Å². The Morgan fingerprint density at radius 3 is 2.87 bits per heavy atom. The summed E-state index contributed by atoms with van der Waals surface area (Å²) in [5.74, 6) is 0.447. The Hall–Kier alpha value is -1.53. The second kappa shape index (κ2) is 7.36. The van der Waals surface area contributed by atoms with Crippen molar-refractivity contribution < 1.29 is 9.59 Å². The summed E-state index contributed by atoms with van der Waals surface area (Å²) in [4.78, 5) is 27.6. The number of fused-ring (bicyclic) bond motifs is 1. The number of nitrogens with zero attached hydrogens (tertiary/aromatic N) is 1. The summed E-state index contributed by atoms with van der Waals surface area (Å²) in [6.07, 6.45) is 2.49. The Balaban J connectivity index is 1.47. The summed E-state index contributed by atoms with van der Waals surface area (Å²) >= 11 is 1.48. The van der Waals surface area contributed by atoms with E-state index in [1.165, 1.54) is 11.8 Å². The zero-order valence-electron chi connectivity index (χ0n) is 13.4. The molecule has 2 aliphatic rings. The van der Waals surface area contributed by atoms with Gasteiger partial charge in [-0.25, -0.2) is 0 Å². The normalized spacial score (nSPS) is 22.3. The van der Waals surface area contributed by atoms with Gasteiger partial charge in [-0.3, -0.25) is 9.59 Å². The molecule has 0 spiro atoms. The molecule has 1 fully saturated rings. The Morgan fingerprint density at radius 1 is 1.35 bits per heavy atom. The Kier molecular flexibility index (Phi) is 5.23. The van der Waals surface area contributed by atoms with Gasteiger partial charge in [-0.05, 0) is 51.0 Å². The lowest BCUT2D eigenvalue weighted by atomic mass is 9.97. The molecule has 1 saturated heterocycles. The number of piperidine rings is 1. The van der Waals surface area contributed by atoms with E-state index in [1.807, 2.05) is 24.3 Å². The molecule has 2 aliphatic heterocycles. The summed E-state index contributed by atoms with van der Waals surface area (Å²) < 4.78 is 0. The molecule has 1 atom stereocenters. The summed E-state index contributed by atoms with van der Waals surface area (Å²) in [5, 5.41) is 5.54. The molecule has 3 rings (SSSR count). The zero-order chi connectivity index (χ0) is 16.2. The number of carbonyl (C=O) groups excluding carboxylic acids is 2. The SMILES string of the molecule is CN1CCC(CNC(=O)C[C@H]2Sc3ccccc3NC2=O)CC1. The van der Waals surface area contributed by atoms with Gasteiger partial charge in [-0.2, -0.15) is 0 Å². The van der Waals surface area contributed by atoms with E-state index in [0.717, 1.165) is 43.1 Å². The lowest BCUT2D eigenvalue weighted by Crippen LogP contribution is -2.39. The highest BCUT2D eigenvalue weighted by atomic mass is 32.2. The van der Waals surface area contributed by atoms with Gasteiger partial charge in [-0.1, -0.05) is 12.1 Å². The minimum atomic E-state index is -0.345. The van der Waals surface area contributed by atoms with Gasteiger partial charge in [0.25, 0.3) is 0 Å². The monoisotopic (exact) mass is 333 g/mol. The fraction of sp³-hybridized carbons (Fsp3) is 0.529. The molecule has 0 unspecified atom stereocenters. The average molecular weight is 333 g/mol. The van der Waals surface area contributed by atoms with Gasteiger partial charge in [0.05, 0.1) is 10.9 Å². The van der Waals surface area contributed by atoms with Crippen molar-refractivity contribution in [1.82, 2.24) is 10.2 Å². The van der Waals surface area contributed by atoms with E-state index in [-0.39, 0.29) is 23.5 Å². The number of hydrogen-bond acceptors (Lipinski definition) is 4. The van der Waals surface area contributed by atoms with Crippen LogP contribution in [-0.2, 0) is 9.59 Å². The van der Waals surface area contributed by atoms with E-state index in [0.29, 0.717) is 5.92 Å². The highest BCUT2D eigenvalue weighted by Gasteiger charge is 2.29. The maximum atomic E-state index is 12.2. The van der Waals surface area contributed by atoms with Gasteiger partial charge in [0, 0.05) is 17.9 Å². The van der Waals surface area contributed by atoms with Crippen molar-refractivity contribution in [3.8, 4) is 0 Å². The molecule has 2 N–H and O–H groups in total. The first-order chi connectivity index (χ1) is 11.1. The average Bonchev–Trinajstić information content (AvgIpc) is 2.55. The minimum absolute atomic E-state index is 0.0315.